The number of thiophene rings is 1. The number of anilines is 1. The third-order valence-electron chi connectivity index (χ3n) is 2.91. The summed E-state index contributed by atoms with van der Waals surface area (Å²) in [5.41, 5.74) is 3.14. The fourth-order valence-corrected chi connectivity index (χ4v) is 2.64. The number of rotatable bonds is 5. The lowest BCUT2D eigenvalue weighted by atomic mass is 10.2. The predicted octanol–water partition coefficient (Wildman–Crippen LogP) is 3.15. The van der Waals surface area contributed by atoms with Crippen molar-refractivity contribution in [2.24, 2.45) is 0 Å². The van der Waals surface area contributed by atoms with Crippen molar-refractivity contribution in [3.05, 3.63) is 47.6 Å². The summed E-state index contributed by atoms with van der Waals surface area (Å²) in [6.45, 7) is 0.692. The van der Waals surface area contributed by atoms with Crippen LogP contribution < -0.4 is 10.1 Å². The Balaban J connectivity index is 1.71. The summed E-state index contributed by atoms with van der Waals surface area (Å²) in [6, 6.07) is 7.89. The lowest BCUT2D eigenvalue weighted by Gasteiger charge is -2.06. The van der Waals surface area contributed by atoms with Crippen molar-refractivity contribution in [3.8, 4) is 16.5 Å². The van der Waals surface area contributed by atoms with Crippen molar-refractivity contribution >= 4 is 17.0 Å². The second-order valence-electron chi connectivity index (χ2n) is 4.19. The number of ether oxygens (including phenoxy) is 1. The van der Waals surface area contributed by atoms with E-state index in [1.165, 1.54) is 4.88 Å². The molecule has 3 heterocycles. The van der Waals surface area contributed by atoms with Gasteiger partial charge in [-0.25, -0.2) is 4.98 Å². The molecule has 6 heteroatoms. The number of nitrogens with one attached hydrogen (secondary N) is 2. The Bertz CT molecular complexity index is 661. The third-order valence-corrected chi connectivity index (χ3v) is 3.80. The van der Waals surface area contributed by atoms with Crippen LogP contribution in [0, 0.1) is 0 Å². The molecule has 0 amide bonds. The summed E-state index contributed by atoms with van der Waals surface area (Å²) >= 11 is 1.69. The van der Waals surface area contributed by atoms with E-state index >= 15 is 0 Å². The van der Waals surface area contributed by atoms with Gasteiger partial charge in [0.1, 0.15) is 0 Å². The SMILES string of the molecule is COc1ccc(NCc2cn[nH]c2-c2cccs2)cn1. The van der Waals surface area contributed by atoms with Crippen LogP contribution in [-0.4, -0.2) is 22.3 Å². The number of aromatic amines is 1. The van der Waals surface area contributed by atoms with E-state index < -0.39 is 0 Å². The standard InChI is InChI=1S/C14H14N4OS/c1-19-13-5-4-11(9-16-13)15-7-10-8-17-18-14(10)12-3-2-6-20-12/h2-6,8-9,15H,7H2,1H3,(H,17,18). The molecular weight excluding hydrogens is 272 g/mol. The summed E-state index contributed by atoms with van der Waals surface area (Å²) in [5, 5.41) is 12.6. The summed E-state index contributed by atoms with van der Waals surface area (Å²) in [4.78, 5) is 5.35. The van der Waals surface area contributed by atoms with Crippen molar-refractivity contribution in [1.29, 1.82) is 0 Å². The normalized spacial score (nSPS) is 10.4. The van der Waals surface area contributed by atoms with Crippen molar-refractivity contribution in [3.63, 3.8) is 0 Å². The van der Waals surface area contributed by atoms with Crippen LogP contribution in [0.1, 0.15) is 5.56 Å². The first-order valence-electron chi connectivity index (χ1n) is 6.17. The van der Waals surface area contributed by atoms with E-state index in [0.717, 1.165) is 16.9 Å². The number of hydrogen-bond acceptors (Lipinski definition) is 5. The maximum absolute atomic E-state index is 5.04. The number of H-pyrrole nitrogens is 1. The minimum Gasteiger partial charge on any atom is -0.481 e. The Morgan fingerprint density at radius 1 is 1.30 bits per heavy atom. The number of pyridine rings is 1. The van der Waals surface area contributed by atoms with Gasteiger partial charge in [-0.15, -0.1) is 11.3 Å². The first kappa shape index (κ1) is 12.7. The molecule has 3 aromatic heterocycles. The highest BCUT2D eigenvalue weighted by atomic mass is 32.1. The van der Waals surface area contributed by atoms with E-state index in [2.05, 4.69) is 31.9 Å². The number of nitrogens with zero attached hydrogens (tertiary/aromatic N) is 2. The minimum atomic E-state index is 0.609. The molecule has 102 valence electrons. The molecule has 0 aromatic carbocycles. The summed E-state index contributed by atoms with van der Waals surface area (Å²) in [5.74, 6) is 0.609. The highest BCUT2D eigenvalue weighted by Crippen LogP contribution is 2.26. The molecule has 20 heavy (non-hydrogen) atoms. The molecule has 0 aliphatic carbocycles. The monoisotopic (exact) mass is 286 g/mol. The summed E-state index contributed by atoms with van der Waals surface area (Å²) < 4.78 is 5.04. The molecule has 3 aromatic rings. The second kappa shape index (κ2) is 5.75. The highest BCUT2D eigenvalue weighted by molar-refractivity contribution is 7.13. The molecule has 0 aliphatic heterocycles. The molecule has 0 radical (unpaired) electrons. The fourth-order valence-electron chi connectivity index (χ4n) is 1.88. The molecule has 5 nitrogen and oxygen atoms in total. The van der Waals surface area contributed by atoms with Crippen molar-refractivity contribution in [1.82, 2.24) is 15.2 Å². The zero-order valence-electron chi connectivity index (χ0n) is 11.0. The maximum atomic E-state index is 5.04. The minimum absolute atomic E-state index is 0.609. The van der Waals surface area contributed by atoms with Crippen LogP contribution >= 0.6 is 11.3 Å². The topological polar surface area (TPSA) is 62.8 Å². The molecule has 0 unspecified atom stereocenters. The number of hydrogen-bond donors (Lipinski definition) is 2. The highest BCUT2D eigenvalue weighted by Gasteiger charge is 2.08. The van der Waals surface area contributed by atoms with Crippen molar-refractivity contribution < 1.29 is 4.74 Å². The molecule has 0 saturated carbocycles. The van der Waals surface area contributed by atoms with Crippen LogP contribution in [0.2, 0.25) is 0 Å². The van der Waals surface area contributed by atoms with Gasteiger partial charge in [0.2, 0.25) is 5.88 Å². The fraction of sp³-hybridized carbons (Fsp3) is 0.143. The molecule has 0 bridgehead atoms. The van der Waals surface area contributed by atoms with E-state index in [0.29, 0.717) is 12.4 Å². The van der Waals surface area contributed by atoms with Gasteiger partial charge in [-0.05, 0) is 17.5 Å². The van der Waals surface area contributed by atoms with Gasteiger partial charge in [-0.2, -0.15) is 5.10 Å². The summed E-state index contributed by atoms with van der Waals surface area (Å²) in [6.07, 6.45) is 3.60. The average molecular weight is 286 g/mol. The van der Waals surface area contributed by atoms with Gasteiger partial charge in [0.25, 0.3) is 0 Å². The molecule has 0 atom stereocenters. The smallest absolute Gasteiger partial charge is 0.213 e. The summed E-state index contributed by atoms with van der Waals surface area (Å²) in [7, 11) is 1.61. The van der Waals surface area contributed by atoms with Crippen LogP contribution in [0.4, 0.5) is 5.69 Å². The Labute approximate surface area is 120 Å². The van der Waals surface area contributed by atoms with Crippen LogP contribution in [0.5, 0.6) is 5.88 Å². The van der Waals surface area contributed by atoms with Crippen molar-refractivity contribution in [2.45, 2.75) is 6.54 Å². The van der Waals surface area contributed by atoms with E-state index in [4.69, 9.17) is 4.74 Å². The third kappa shape index (κ3) is 2.65. The first-order chi connectivity index (χ1) is 9.86. The Kier molecular flexibility index (Phi) is 3.64. The number of methoxy groups -OCH3 is 1. The van der Waals surface area contributed by atoms with E-state index in [1.807, 2.05) is 24.4 Å². The maximum Gasteiger partial charge on any atom is 0.213 e. The van der Waals surface area contributed by atoms with Gasteiger partial charge < -0.3 is 10.1 Å². The molecular formula is C14H14N4OS. The lowest BCUT2D eigenvalue weighted by Crippen LogP contribution is -2.00. The van der Waals surface area contributed by atoms with E-state index in [-0.39, 0.29) is 0 Å². The quantitative estimate of drug-likeness (QED) is 0.756. The van der Waals surface area contributed by atoms with Gasteiger partial charge in [0, 0.05) is 18.2 Å². The molecule has 2 N–H and O–H groups in total. The van der Waals surface area contributed by atoms with Crippen molar-refractivity contribution in [2.75, 3.05) is 12.4 Å². The zero-order chi connectivity index (χ0) is 13.8. The van der Waals surface area contributed by atoms with Gasteiger partial charge in [-0.1, -0.05) is 6.07 Å². The Hall–Kier alpha value is -2.34. The molecule has 3 rings (SSSR count). The van der Waals surface area contributed by atoms with Crippen LogP contribution in [0.15, 0.2) is 42.0 Å². The van der Waals surface area contributed by atoms with Crippen LogP contribution in [-0.2, 0) is 6.54 Å². The van der Waals surface area contributed by atoms with Gasteiger partial charge in [0.15, 0.2) is 0 Å². The Morgan fingerprint density at radius 3 is 2.95 bits per heavy atom. The lowest BCUT2D eigenvalue weighted by molar-refractivity contribution is 0.398. The number of aromatic nitrogens is 3. The average Bonchev–Trinajstić information content (AvgIpc) is 3.16. The van der Waals surface area contributed by atoms with Gasteiger partial charge >= 0.3 is 0 Å². The molecule has 0 fully saturated rings. The first-order valence-corrected chi connectivity index (χ1v) is 7.05. The van der Waals surface area contributed by atoms with Crippen LogP contribution in [0.3, 0.4) is 0 Å². The van der Waals surface area contributed by atoms with E-state index in [9.17, 15) is 0 Å². The predicted molar refractivity (Wildman–Crippen MR) is 80.0 cm³/mol. The van der Waals surface area contributed by atoms with Crippen LogP contribution in [0.25, 0.3) is 10.6 Å². The molecule has 0 aliphatic rings. The second-order valence-corrected chi connectivity index (χ2v) is 5.14. The Morgan fingerprint density at radius 2 is 2.25 bits per heavy atom. The molecule has 0 saturated heterocycles. The molecule has 0 spiro atoms. The van der Waals surface area contributed by atoms with E-state index in [1.54, 1.807) is 24.6 Å². The zero-order valence-corrected chi connectivity index (χ0v) is 11.8. The van der Waals surface area contributed by atoms with Gasteiger partial charge in [0.05, 0.1) is 35.8 Å². The largest absolute Gasteiger partial charge is 0.481 e. The van der Waals surface area contributed by atoms with Gasteiger partial charge in [-0.3, -0.25) is 5.10 Å².